The predicted octanol–water partition coefficient (Wildman–Crippen LogP) is 2.75. The lowest BCUT2D eigenvalue weighted by atomic mass is 10.0. The van der Waals surface area contributed by atoms with Gasteiger partial charge in [0.15, 0.2) is 0 Å². The fraction of sp³-hybridized carbons (Fsp3) is 0.263. The predicted molar refractivity (Wildman–Crippen MR) is 91.4 cm³/mol. The normalized spacial score (nSPS) is 13.6. The maximum absolute atomic E-state index is 10.2. The number of ether oxygens (including phenoxy) is 1. The number of rotatable bonds is 7. The van der Waals surface area contributed by atoms with Crippen LogP contribution in [0.5, 0.6) is 0 Å². The minimum Gasteiger partial charge on any atom is -0.389 e. The molecular weight excluding hydrogens is 302 g/mol. The number of aromatic nitrogens is 3. The Balaban J connectivity index is 1.71. The summed E-state index contributed by atoms with van der Waals surface area (Å²) < 4.78 is 7.79. The number of hydrogen-bond acceptors (Lipinski definition) is 4. The minimum atomic E-state index is -0.627. The lowest BCUT2D eigenvalue weighted by molar-refractivity contribution is -0.000616. The lowest BCUT2D eigenvalue weighted by Crippen LogP contribution is -2.23. The molecule has 2 atom stereocenters. The quantitative estimate of drug-likeness (QED) is 0.726. The van der Waals surface area contributed by atoms with Crippen molar-refractivity contribution in [3.8, 4) is 0 Å². The van der Waals surface area contributed by atoms with Gasteiger partial charge >= 0.3 is 0 Å². The van der Waals surface area contributed by atoms with Gasteiger partial charge in [0.25, 0.3) is 0 Å². The SMILES string of the molecule is Cc1ccc(C(OCC(O)Cn2cnnc2)c2ccccc2)cc1. The summed E-state index contributed by atoms with van der Waals surface area (Å²) in [5.41, 5.74) is 3.35. The molecule has 3 rings (SSSR count). The van der Waals surface area contributed by atoms with E-state index in [2.05, 4.69) is 41.4 Å². The Bertz CT molecular complexity index is 727. The Kier molecular flexibility index (Phi) is 5.36. The maximum Gasteiger partial charge on any atom is 0.119 e. The Morgan fingerprint density at radius 2 is 1.58 bits per heavy atom. The lowest BCUT2D eigenvalue weighted by Gasteiger charge is -2.21. The van der Waals surface area contributed by atoms with Crippen LogP contribution in [0.4, 0.5) is 0 Å². The molecule has 0 aliphatic heterocycles. The van der Waals surface area contributed by atoms with Gasteiger partial charge in [-0.1, -0.05) is 60.2 Å². The van der Waals surface area contributed by atoms with Crippen LogP contribution in [0, 0.1) is 6.92 Å². The molecule has 2 aromatic carbocycles. The van der Waals surface area contributed by atoms with Crippen LogP contribution in [0.15, 0.2) is 67.3 Å². The third-order valence-electron chi connectivity index (χ3n) is 3.83. The largest absolute Gasteiger partial charge is 0.389 e. The maximum atomic E-state index is 10.2. The van der Waals surface area contributed by atoms with Gasteiger partial charge in [0, 0.05) is 0 Å². The summed E-state index contributed by atoms with van der Waals surface area (Å²) in [6.45, 7) is 2.69. The molecule has 1 N–H and O–H groups in total. The third-order valence-corrected chi connectivity index (χ3v) is 3.83. The number of hydrogen-bond donors (Lipinski definition) is 1. The van der Waals surface area contributed by atoms with E-state index in [-0.39, 0.29) is 12.7 Å². The van der Waals surface area contributed by atoms with Crippen molar-refractivity contribution < 1.29 is 9.84 Å². The second-order valence-electron chi connectivity index (χ2n) is 5.85. The van der Waals surface area contributed by atoms with Crippen molar-refractivity contribution in [2.45, 2.75) is 25.7 Å². The molecule has 0 saturated carbocycles. The number of benzene rings is 2. The number of nitrogens with zero attached hydrogens (tertiary/aromatic N) is 3. The Hall–Kier alpha value is -2.50. The van der Waals surface area contributed by atoms with Crippen LogP contribution in [-0.2, 0) is 11.3 Å². The minimum absolute atomic E-state index is 0.206. The number of aliphatic hydroxyl groups excluding tert-OH is 1. The molecule has 124 valence electrons. The van der Waals surface area contributed by atoms with E-state index in [1.165, 1.54) is 5.56 Å². The molecule has 0 amide bonds. The second kappa shape index (κ2) is 7.86. The molecule has 2 unspecified atom stereocenters. The zero-order valence-electron chi connectivity index (χ0n) is 13.6. The Morgan fingerprint density at radius 1 is 0.958 bits per heavy atom. The summed E-state index contributed by atoms with van der Waals surface area (Å²) in [5, 5.41) is 17.7. The van der Waals surface area contributed by atoms with E-state index in [4.69, 9.17) is 4.74 Å². The molecule has 0 radical (unpaired) electrons. The van der Waals surface area contributed by atoms with Crippen molar-refractivity contribution in [3.63, 3.8) is 0 Å². The Morgan fingerprint density at radius 3 is 2.25 bits per heavy atom. The summed E-state index contributed by atoms with van der Waals surface area (Å²) in [5.74, 6) is 0. The number of aryl methyl sites for hydroxylation is 1. The fourth-order valence-electron chi connectivity index (χ4n) is 2.57. The molecule has 1 heterocycles. The van der Waals surface area contributed by atoms with Gasteiger partial charge in [-0.3, -0.25) is 0 Å². The zero-order valence-corrected chi connectivity index (χ0v) is 13.6. The van der Waals surface area contributed by atoms with Gasteiger partial charge < -0.3 is 14.4 Å². The molecule has 5 nitrogen and oxygen atoms in total. The first-order valence-electron chi connectivity index (χ1n) is 7.96. The van der Waals surface area contributed by atoms with Crippen molar-refractivity contribution in [1.29, 1.82) is 0 Å². The van der Waals surface area contributed by atoms with Crippen molar-refractivity contribution >= 4 is 0 Å². The van der Waals surface area contributed by atoms with Gasteiger partial charge in [-0.05, 0) is 18.1 Å². The molecule has 24 heavy (non-hydrogen) atoms. The monoisotopic (exact) mass is 323 g/mol. The first-order chi connectivity index (χ1) is 11.7. The summed E-state index contributed by atoms with van der Waals surface area (Å²) in [6.07, 6.45) is 2.33. The molecule has 0 fully saturated rings. The van der Waals surface area contributed by atoms with E-state index in [1.54, 1.807) is 17.2 Å². The summed E-state index contributed by atoms with van der Waals surface area (Å²) in [6, 6.07) is 18.3. The average molecular weight is 323 g/mol. The molecule has 1 aromatic heterocycles. The molecule has 0 spiro atoms. The van der Waals surface area contributed by atoms with Crippen LogP contribution in [0.1, 0.15) is 22.8 Å². The first-order valence-corrected chi connectivity index (χ1v) is 7.96. The summed E-state index contributed by atoms with van der Waals surface area (Å²) in [7, 11) is 0. The fourth-order valence-corrected chi connectivity index (χ4v) is 2.57. The van der Waals surface area contributed by atoms with Gasteiger partial charge in [-0.2, -0.15) is 0 Å². The molecule has 0 aliphatic rings. The molecular formula is C19H21N3O2. The highest BCUT2D eigenvalue weighted by atomic mass is 16.5. The van der Waals surface area contributed by atoms with E-state index < -0.39 is 6.10 Å². The highest BCUT2D eigenvalue weighted by Crippen LogP contribution is 2.26. The highest BCUT2D eigenvalue weighted by molar-refractivity contribution is 5.31. The molecule has 0 bridgehead atoms. The topological polar surface area (TPSA) is 60.2 Å². The van der Waals surface area contributed by atoms with Crippen LogP contribution in [0.3, 0.4) is 0 Å². The van der Waals surface area contributed by atoms with E-state index in [9.17, 15) is 5.11 Å². The Labute approximate surface area is 141 Å². The summed E-state index contributed by atoms with van der Waals surface area (Å²) in [4.78, 5) is 0. The first kappa shape index (κ1) is 16.4. The highest BCUT2D eigenvalue weighted by Gasteiger charge is 2.17. The van der Waals surface area contributed by atoms with Crippen LogP contribution in [-0.4, -0.2) is 32.6 Å². The van der Waals surface area contributed by atoms with Crippen molar-refractivity contribution in [2.75, 3.05) is 6.61 Å². The van der Waals surface area contributed by atoms with Gasteiger partial charge in [-0.25, -0.2) is 0 Å². The smallest absolute Gasteiger partial charge is 0.119 e. The van der Waals surface area contributed by atoms with Gasteiger partial charge in [-0.15, -0.1) is 10.2 Å². The van der Waals surface area contributed by atoms with E-state index in [0.717, 1.165) is 11.1 Å². The van der Waals surface area contributed by atoms with Crippen LogP contribution < -0.4 is 0 Å². The van der Waals surface area contributed by atoms with Gasteiger partial charge in [0.2, 0.25) is 0 Å². The third kappa shape index (κ3) is 4.28. The van der Waals surface area contributed by atoms with Crippen molar-refractivity contribution in [2.24, 2.45) is 0 Å². The molecule has 0 aliphatic carbocycles. The van der Waals surface area contributed by atoms with Crippen LogP contribution in [0.25, 0.3) is 0 Å². The van der Waals surface area contributed by atoms with Gasteiger partial charge in [0.05, 0.1) is 19.3 Å². The molecule has 0 saturated heterocycles. The van der Waals surface area contributed by atoms with E-state index >= 15 is 0 Å². The molecule has 5 heteroatoms. The zero-order chi connectivity index (χ0) is 16.8. The summed E-state index contributed by atoms with van der Waals surface area (Å²) >= 11 is 0. The van der Waals surface area contributed by atoms with Crippen molar-refractivity contribution in [3.05, 3.63) is 83.9 Å². The molecule has 3 aromatic rings. The van der Waals surface area contributed by atoms with Crippen molar-refractivity contribution in [1.82, 2.24) is 14.8 Å². The van der Waals surface area contributed by atoms with E-state index in [0.29, 0.717) is 6.54 Å². The number of aliphatic hydroxyl groups is 1. The standard InChI is InChI=1S/C19H21N3O2/c1-15-7-9-17(10-8-15)19(16-5-3-2-4-6-16)24-12-18(23)11-22-13-20-21-14-22/h2-10,13-14,18-19,23H,11-12H2,1H3. The second-order valence-corrected chi connectivity index (χ2v) is 5.85. The van der Waals surface area contributed by atoms with Gasteiger partial charge in [0.1, 0.15) is 18.8 Å². The average Bonchev–Trinajstić information content (AvgIpc) is 3.10. The van der Waals surface area contributed by atoms with Crippen LogP contribution in [0.2, 0.25) is 0 Å². The van der Waals surface area contributed by atoms with E-state index in [1.807, 2.05) is 30.3 Å². The van der Waals surface area contributed by atoms with Crippen LogP contribution >= 0.6 is 0 Å².